The molecule has 0 spiro atoms. The Balaban J connectivity index is 1.22. The molecule has 2 amide bonds. The van der Waals surface area contributed by atoms with Crippen molar-refractivity contribution in [1.82, 2.24) is 30.2 Å². The lowest BCUT2D eigenvalue weighted by molar-refractivity contribution is -0.137. The predicted molar refractivity (Wildman–Crippen MR) is 279 cm³/mol. The van der Waals surface area contributed by atoms with Crippen molar-refractivity contribution in [3.05, 3.63) is 12.7 Å². The normalized spacial score (nSPS) is 19.8. The van der Waals surface area contributed by atoms with Gasteiger partial charge in [0.15, 0.2) is 22.8 Å². The molecule has 1 aliphatic rings. The highest BCUT2D eigenvalue weighted by Crippen LogP contribution is 2.61. The van der Waals surface area contributed by atoms with E-state index in [-0.39, 0.29) is 41.6 Å². The molecule has 0 bridgehead atoms. The maximum atomic E-state index is 12.8. The van der Waals surface area contributed by atoms with E-state index in [0.29, 0.717) is 12.2 Å². The molecular weight excluding hydrogens is 1050 g/mol. The van der Waals surface area contributed by atoms with E-state index in [1.54, 1.807) is 0 Å². The van der Waals surface area contributed by atoms with Crippen LogP contribution in [0.4, 0.5) is 5.82 Å². The minimum atomic E-state index is -5.58. The number of unbranched alkanes of at least 4 members (excludes halogenated alkanes) is 16. The zero-order valence-corrected chi connectivity index (χ0v) is 47.0. The van der Waals surface area contributed by atoms with Crippen LogP contribution in [0.25, 0.3) is 11.2 Å². The highest BCUT2D eigenvalue weighted by atomic mass is 32.2. The number of ether oxygens (including phenoxy) is 1. The Morgan fingerprint density at radius 1 is 0.811 bits per heavy atom. The number of hydrogen-bond acceptors (Lipinski definition) is 18. The number of aliphatic hydroxyl groups excluding tert-OH is 2. The fraction of sp³-hybridized carbons (Fsp3) is 0.826. The van der Waals surface area contributed by atoms with E-state index in [0.717, 1.165) is 54.2 Å². The van der Waals surface area contributed by atoms with Crippen LogP contribution in [0.5, 0.6) is 0 Å². The van der Waals surface area contributed by atoms with Crippen molar-refractivity contribution in [1.29, 1.82) is 0 Å². The number of carbonyl (C=O) groups excluding carboxylic acids is 3. The Hall–Kier alpha value is -2.44. The summed E-state index contributed by atoms with van der Waals surface area (Å²) >= 11 is 1.16. The maximum absolute atomic E-state index is 12.8. The van der Waals surface area contributed by atoms with Crippen molar-refractivity contribution >= 4 is 69.1 Å². The van der Waals surface area contributed by atoms with Gasteiger partial charge in [0.25, 0.3) is 0 Å². The summed E-state index contributed by atoms with van der Waals surface area (Å²) in [5.74, 6) is -0.132. The topological polar surface area (TPSA) is 364 Å². The maximum Gasteiger partial charge on any atom is 0.481 e. The molecule has 74 heavy (non-hydrogen) atoms. The summed E-state index contributed by atoms with van der Waals surface area (Å²) < 4.78 is 62.6. The number of nitrogen functional groups attached to an aromatic ring is 1. The van der Waals surface area contributed by atoms with Crippen LogP contribution in [0.2, 0.25) is 0 Å². The number of thioether (sulfide) groups is 1. The third-order valence-corrected chi connectivity index (χ3v) is 16.7. The van der Waals surface area contributed by atoms with Crippen molar-refractivity contribution in [3.8, 4) is 0 Å². The molecule has 8 atom stereocenters. The van der Waals surface area contributed by atoms with Gasteiger partial charge >= 0.3 is 23.5 Å². The molecule has 0 saturated carbocycles. The molecule has 8 unspecified atom stereocenters. The molecule has 0 radical (unpaired) electrons. The van der Waals surface area contributed by atoms with Crippen LogP contribution in [0.15, 0.2) is 12.7 Å². The van der Waals surface area contributed by atoms with Gasteiger partial charge in [-0.15, -0.1) is 0 Å². The minimum absolute atomic E-state index is 0.0345. The number of fused-ring (bicyclic) bond motifs is 1. The van der Waals surface area contributed by atoms with Gasteiger partial charge in [-0.05, 0) is 12.3 Å². The minimum Gasteiger partial charge on any atom is -0.386 e. The number of aromatic nitrogens is 4. The smallest absolute Gasteiger partial charge is 0.386 e. The average Bonchev–Trinajstić information content (AvgIpc) is 3.89. The van der Waals surface area contributed by atoms with Gasteiger partial charge in [-0.3, -0.25) is 32.5 Å². The van der Waals surface area contributed by atoms with Crippen molar-refractivity contribution in [2.75, 3.05) is 37.8 Å². The molecule has 1 aliphatic heterocycles. The van der Waals surface area contributed by atoms with E-state index in [1.165, 1.54) is 123 Å². The zero-order chi connectivity index (χ0) is 54.8. The molecular formula is C46H84N7O17P3S. The second-order valence-corrected chi connectivity index (χ2v) is 25.1. The van der Waals surface area contributed by atoms with Gasteiger partial charge in [0.2, 0.25) is 11.8 Å². The fourth-order valence-electron chi connectivity index (χ4n) is 8.31. The van der Waals surface area contributed by atoms with E-state index in [4.69, 9.17) is 19.5 Å². The second kappa shape index (κ2) is 33.8. The number of nitrogens with two attached hydrogens (primary N) is 1. The first-order valence-electron chi connectivity index (χ1n) is 26.0. The number of aliphatic hydroxyl groups is 2. The predicted octanol–water partition coefficient (Wildman–Crippen LogP) is 7.51. The summed E-state index contributed by atoms with van der Waals surface area (Å²) in [6, 6.07) is 0. The van der Waals surface area contributed by atoms with Crippen LogP contribution >= 0.6 is 35.2 Å². The molecule has 0 aliphatic carbocycles. The summed E-state index contributed by atoms with van der Waals surface area (Å²) in [6.07, 6.45) is 19.4. The standard InChI is InChI=1S/C46H84N7O17P3S/c1-5-6-7-20-23-34(2)24-21-18-16-14-12-10-8-9-11-13-15-17-19-22-25-37(55)74-29-28-48-36(54)26-27-49-44(58)41(57)46(3,4)31-67-73(64,65)70-72(62,63)66-30-35-40(69-71(59,60)61)39(56)45(68-35)53-33-52-38-42(47)50-32-51-43(38)53/h32-35,39-41,45,56-57H,5-31H2,1-4H3,(H,48,54)(H,49,58)(H,62,63)(H,64,65)(H2,47,50,51)(H2,59,60,61). The first-order chi connectivity index (χ1) is 34.9. The van der Waals surface area contributed by atoms with Crippen LogP contribution in [0.1, 0.15) is 175 Å². The third kappa shape index (κ3) is 25.8. The summed E-state index contributed by atoms with van der Waals surface area (Å²) in [5, 5.41) is 26.7. The second-order valence-electron chi connectivity index (χ2n) is 19.7. The Morgan fingerprint density at radius 2 is 1.38 bits per heavy atom. The van der Waals surface area contributed by atoms with Crippen LogP contribution in [-0.2, 0) is 50.7 Å². The zero-order valence-electron chi connectivity index (χ0n) is 43.5. The van der Waals surface area contributed by atoms with Crippen molar-refractivity contribution in [2.45, 2.75) is 200 Å². The molecule has 3 rings (SSSR count). The number of nitrogens with zero attached hydrogens (tertiary/aromatic N) is 4. The van der Waals surface area contributed by atoms with Crippen LogP contribution < -0.4 is 16.4 Å². The van der Waals surface area contributed by atoms with Crippen LogP contribution in [0, 0.1) is 11.3 Å². The first-order valence-corrected chi connectivity index (χ1v) is 31.5. The quantitative estimate of drug-likeness (QED) is 0.0230. The number of rotatable bonds is 41. The molecule has 24 nitrogen and oxygen atoms in total. The van der Waals surface area contributed by atoms with Crippen molar-refractivity contribution < 1.29 is 80.5 Å². The Bertz CT molecular complexity index is 2140. The Kier molecular flexibility index (Phi) is 30.0. The fourth-order valence-corrected chi connectivity index (χ4v) is 11.9. The molecule has 1 fully saturated rings. The SMILES string of the molecule is CCCCCCC(C)CCCCCCCCCCCCCCCCC(=O)SCCNC(=O)CCNC(=O)C(O)C(C)(C)COP(=O)(O)OP(=O)(O)OCC1OC(n2cnc3c(N)ncnc32)C(O)C1OP(=O)(O)O. The third-order valence-electron chi connectivity index (χ3n) is 12.6. The summed E-state index contributed by atoms with van der Waals surface area (Å²) in [4.78, 5) is 88.6. The molecule has 10 N–H and O–H groups in total. The summed E-state index contributed by atoms with van der Waals surface area (Å²) in [6.45, 7) is 5.27. The number of nitrogens with one attached hydrogen (secondary N) is 2. The summed E-state index contributed by atoms with van der Waals surface area (Å²) in [5.41, 5.74) is 4.30. The number of amides is 2. The number of phosphoric acid groups is 3. The monoisotopic (exact) mass is 1130 g/mol. The number of carbonyl (C=O) groups is 3. The lowest BCUT2D eigenvalue weighted by Crippen LogP contribution is -2.46. The number of hydrogen-bond donors (Lipinski definition) is 9. The highest BCUT2D eigenvalue weighted by Gasteiger charge is 2.50. The van der Waals surface area contributed by atoms with Crippen molar-refractivity contribution in [3.63, 3.8) is 0 Å². The highest BCUT2D eigenvalue weighted by molar-refractivity contribution is 8.13. The molecule has 426 valence electrons. The van der Waals surface area contributed by atoms with Gasteiger partial charge in [-0.2, -0.15) is 4.31 Å². The van der Waals surface area contributed by atoms with E-state index >= 15 is 0 Å². The molecule has 2 aromatic rings. The van der Waals surface area contributed by atoms with Gasteiger partial charge in [0, 0.05) is 37.1 Å². The van der Waals surface area contributed by atoms with Gasteiger partial charge < -0.3 is 50.9 Å². The largest absolute Gasteiger partial charge is 0.481 e. The Morgan fingerprint density at radius 3 is 1.97 bits per heavy atom. The molecule has 3 heterocycles. The lowest BCUT2D eigenvalue weighted by atomic mass is 9.87. The van der Waals surface area contributed by atoms with E-state index < -0.39 is 84.6 Å². The molecule has 28 heteroatoms. The molecule has 0 aromatic carbocycles. The number of imidazole rings is 1. The van der Waals surface area contributed by atoms with Gasteiger partial charge in [-0.25, -0.2) is 28.6 Å². The van der Waals surface area contributed by atoms with Crippen LogP contribution in [-0.4, -0.2) is 123 Å². The van der Waals surface area contributed by atoms with Crippen molar-refractivity contribution in [2.24, 2.45) is 11.3 Å². The molecule has 1 saturated heterocycles. The van der Waals surface area contributed by atoms with Gasteiger partial charge in [0.05, 0.1) is 19.5 Å². The van der Waals surface area contributed by atoms with E-state index in [1.807, 2.05) is 0 Å². The number of anilines is 1. The van der Waals surface area contributed by atoms with Crippen LogP contribution in [0.3, 0.4) is 0 Å². The average molecular weight is 1130 g/mol. The summed E-state index contributed by atoms with van der Waals surface area (Å²) in [7, 11) is -16.4. The van der Waals surface area contributed by atoms with E-state index in [9.17, 15) is 57.9 Å². The Labute approximate surface area is 439 Å². The lowest BCUT2D eigenvalue weighted by Gasteiger charge is -2.30. The molecule has 2 aromatic heterocycles. The van der Waals surface area contributed by atoms with Gasteiger partial charge in [-0.1, -0.05) is 161 Å². The first kappa shape index (κ1) is 65.8. The van der Waals surface area contributed by atoms with Gasteiger partial charge in [0.1, 0.15) is 36.3 Å². The van der Waals surface area contributed by atoms with E-state index in [2.05, 4.69) is 48.3 Å². The number of phosphoric ester groups is 3.